The van der Waals surface area contributed by atoms with Gasteiger partial charge in [0.2, 0.25) is 5.91 Å². The number of nitrogens with one attached hydrogen (secondary N) is 2. The lowest BCUT2D eigenvalue weighted by Gasteiger charge is -2.12. The number of rotatable bonds is 2. The van der Waals surface area contributed by atoms with Crippen LogP contribution in [-0.2, 0) is 4.79 Å². The van der Waals surface area contributed by atoms with Gasteiger partial charge in [0.1, 0.15) is 11.6 Å². The first kappa shape index (κ1) is 13.4. The van der Waals surface area contributed by atoms with Crippen LogP contribution in [-0.4, -0.2) is 29.7 Å². The number of carbonyl (C=O) groups is 1. The Labute approximate surface area is 111 Å². The molecule has 98 valence electrons. The summed E-state index contributed by atoms with van der Waals surface area (Å²) in [7, 11) is 0. The van der Waals surface area contributed by atoms with Crippen LogP contribution < -0.4 is 10.6 Å². The van der Waals surface area contributed by atoms with Gasteiger partial charge in [-0.3, -0.25) is 4.79 Å². The van der Waals surface area contributed by atoms with E-state index in [2.05, 4.69) is 26.6 Å². The lowest BCUT2D eigenvalue weighted by molar-refractivity contribution is -0.118. The van der Waals surface area contributed by atoms with Gasteiger partial charge < -0.3 is 15.7 Å². The van der Waals surface area contributed by atoms with Crippen LogP contribution in [0.2, 0.25) is 0 Å². The van der Waals surface area contributed by atoms with Crippen molar-refractivity contribution >= 4 is 27.5 Å². The molecule has 3 N–H and O–H groups in total. The molecule has 2 rings (SSSR count). The summed E-state index contributed by atoms with van der Waals surface area (Å²) in [5.74, 6) is -2.04. The smallest absolute Gasteiger partial charge is 0.241 e. The van der Waals surface area contributed by atoms with Crippen molar-refractivity contribution in [2.45, 2.75) is 18.6 Å². The molecule has 1 heterocycles. The highest BCUT2D eigenvalue weighted by Crippen LogP contribution is 2.24. The maximum Gasteiger partial charge on any atom is 0.241 e. The van der Waals surface area contributed by atoms with Gasteiger partial charge in [-0.05, 0) is 28.4 Å². The number of anilines is 1. The van der Waals surface area contributed by atoms with Gasteiger partial charge in [0.15, 0.2) is 0 Å². The van der Waals surface area contributed by atoms with E-state index in [4.69, 9.17) is 0 Å². The van der Waals surface area contributed by atoms with Crippen molar-refractivity contribution in [2.24, 2.45) is 0 Å². The Balaban J connectivity index is 2.09. The SMILES string of the molecule is O=C(Nc1cc(Br)c(F)cc1F)C1CC(O)CN1. The Kier molecular flexibility index (Phi) is 3.94. The average molecular weight is 321 g/mol. The fourth-order valence-electron chi connectivity index (χ4n) is 1.75. The molecule has 7 heteroatoms. The Hall–Kier alpha value is -1.05. The van der Waals surface area contributed by atoms with Crippen molar-refractivity contribution in [3.63, 3.8) is 0 Å². The van der Waals surface area contributed by atoms with Crippen LogP contribution >= 0.6 is 15.9 Å². The Morgan fingerprint density at radius 1 is 1.44 bits per heavy atom. The van der Waals surface area contributed by atoms with Crippen LogP contribution in [0.4, 0.5) is 14.5 Å². The van der Waals surface area contributed by atoms with Crippen LogP contribution in [0.5, 0.6) is 0 Å². The quantitative estimate of drug-likeness (QED) is 0.722. The molecule has 0 aromatic heterocycles. The molecule has 1 fully saturated rings. The van der Waals surface area contributed by atoms with Crippen molar-refractivity contribution < 1.29 is 18.7 Å². The van der Waals surface area contributed by atoms with E-state index in [1.54, 1.807) is 0 Å². The van der Waals surface area contributed by atoms with E-state index in [9.17, 15) is 18.7 Å². The number of hydrogen-bond donors (Lipinski definition) is 3. The minimum atomic E-state index is -0.845. The first-order valence-corrected chi connectivity index (χ1v) is 6.13. The predicted octanol–water partition coefficient (Wildman–Crippen LogP) is 1.39. The zero-order chi connectivity index (χ0) is 13.3. The second kappa shape index (κ2) is 5.29. The second-order valence-corrected chi connectivity index (χ2v) is 4.94. The number of halogens is 3. The molecule has 0 saturated carbocycles. The van der Waals surface area contributed by atoms with Crippen molar-refractivity contribution in [3.05, 3.63) is 28.2 Å². The Morgan fingerprint density at radius 3 is 2.78 bits per heavy atom. The zero-order valence-electron chi connectivity index (χ0n) is 9.21. The molecule has 1 aliphatic rings. The van der Waals surface area contributed by atoms with E-state index >= 15 is 0 Å². The standard InChI is InChI=1S/C11H11BrF2N2O2/c12-6-2-9(8(14)3-7(6)13)16-11(18)10-1-5(17)4-15-10/h2-3,5,10,15,17H,1,4H2,(H,16,18). The minimum absolute atomic E-state index is 0.0682. The first-order valence-electron chi connectivity index (χ1n) is 5.34. The minimum Gasteiger partial charge on any atom is -0.392 e. The van der Waals surface area contributed by atoms with Crippen molar-refractivity contribution in [1.29, 1.82) is 0 Å². The van der Waals surface area contributed by atoms with Gasteiger partial charge in [-0.2, -0.15) is 0 Å². The summed E-state index contributed by atoms with van der Waals surface area (Å²) >= 11 is 2.91. The highest BCUT2D eigenvalue weighted by molar-refractivity contribution is 9.10. The molecular weight excluding hydrogens is 310 g/mol. The van der Waals surface area contributed by atoms with Gasteiger partial charge in [0.25, 0.3) is 0 Å². The topological polar surface area (TPSA) is 61.4 Å². The number of benzene rings is 1. The summed E-state index contributed by atoms with van der Waals surface area (Å²) in [6.07, 6.45) is -0.305. The summed E-state index contributed by atoms with van der Waals surface area (Å²) in [4.78, 5) is 11.7. The van der Waals surface area contributed by atoms with E-state index in [0.29, 0.717) is 12.6 Å². The summed E-state index contributed by atoms with van der Waals surface area (Å²) in [5, 5.41) is 14.4. The summed E-state index contributed by atoms with van der Waals surface area (Å²) < 4.78 is 26.5. The van der Waals surface area contributed by atoms with Crippen LogP contribution in [0, 0.1) is 11.6 Å². The third-order valence-corrected chi connectivity index (χ3v) is 3.30. The molecule has 4 nitrogen and oxygen atoms in total. The largest absolute Gasteiger partial charge is 0.392 e. The molecule has 0 aliphatic carbocycles. The predicted molar refractivity (Wildman–Crippen MR) is 65.1 cm³/mol. The maximum atomic E-state index is 13.4. The third-order valence-electron chi connectivity index (χ3n) is 2.69. The van der Waals surface area contributed by atoms with E-state index in [1.165, 1.54) is 0 Å². The summed E-state index contributed by atoms with van der Waals surface area (Å²) in [6, 6.07) is 1.29. The van der Waals surface area contributed by atoms with Crippen molar-refractivity contribution in [3.8, 4) is 0 Å². The molecule has 1 aliphatic heterocycles. The Bertz CT molecular complexity index is 484. The zero-order valence-corrected chi connectivity index (χ0v) is 10.8. The van der Waals surface area contributed by atoms with Gasteiger partial charge in [-0.1, -0.05) is 0 Å². The molecular formula is C11H11BrF2N2O2. The fraction of sp³-hybridized carbons (Fsp3) is 0.364. The molecule has 0 bridgehead atoms. The van der Waals surface area contributed by atoms with Crippen LogP contribution in [0.3, 0.4) is 0 Å². The van der Waals surface area contributed by atoms with Gasteiger partial charge in [0.05, 0.1) is 22.3 Å². The lowest BCUT2D eigenvalue weighted by Crippen LogP contribution is -2.35. The van der Waals surface area contributed by atoms with Gasteiger partial charge in [0, 0.05) is 12.6 Å². The molecule has 2 unspecified atom stereocenters. The van der Waals surface area contributed by atoms with Gasteiger partial charge in [-0.25, -0.2) is 8.78 Å². The number of amides is 1. The van der Waals surface area contributed by atoms with E-state index in [0.717, 1.165) is 6.07 Å². The first-order chi connectivity index (χ1) is 8.47. The van der Waals surface area contributed by atoms with Crippen LogP contribution in [0.15, 0.2) is 16.6 Å². The number of aliphatic hydroxyl groups is 1. The number of hydrogen-bond acceptors (Lipinski definition) is 3. The Morgan fingerprint density at radius 2 is 2.17 bits per heavy atom. The normalized spacial score (nSPS) is 23.1. The molecule has 1 aromatic carbocycles. The number of carbonyl (C=O) groups excluding carboxylic acids is 1. The van der Waals surface area contributed by atoms with E-state index in [1.807, 2.05) is 0 Å². The molecule has 0 spiro atoms. The monoisotopic (exact) mass is 320 g/mol. The molecule has 1 aromatic rings. The second-order valence-electron chi connectivity index (χ2n) is 4.09. The number of β-amino-alcohol motifs (C(OH)–C–C–N with tert-alkyl or cyclic N) is 1. The summed E-state index contributed by atoms with van der Waals surface area (Å²) in [5.41, 5.74) is -0.100. The van der Waals surface area contributed by atoms with Crippen molar-refractivity contribution in [1.82, 2.24) is 5.32 Å². The van der Waals surface area contributed by atoms with E-state index in [-0.39, 0.29) is 16.6 Å². The van der Waals surface area contributed by atoms with Crippen molar-refractivity contribution in [2.75, 3.05) is 11.9 Å². The highest BCUT2D eigenvalue weighted by Gasteiger charge is 2.28. The molecule has 18 heavy (non-hydrogen) atoms. The van der Waals surface area contributed by atoms with Gasteiger partial charge >= 0.3 is 0 Å². The average Bonchev–Trinajstić information content (AvgIpc) is 2.73. The molecule has 1 saturated heterocycles. The fourth-order valence-corrected chi connectivity index (χ4v) is 2.10. The van der Waals surface area contributed by atoms with Crippen LogP contribution in [0.25, 0.3) is 0 Å². The number of aliphatic hydroxyl groups excluding tert-OH is 1. The third kappa shape index (κ3) is 2.85. The molecule has 0 radical (unpaired) electrons. The van der Waals surface area contributed by atoms with Gasteiger partial charge in [-0.15, -0.1) is 0 Å². The summed E-state index contributed by atoms with van der Waals surface area (Å²) in [6.45, 7) is 0.327. The molecule has 2 atom stereocenters. The van der Waals surface area contributed by atoms with E-state index < -0.39 is 29.7 Å². The van der Waals surface area contributed by atoms with Crippen LogP contribution in [0.1, 0.15) is 6.42 Å². The highest BCUT2D eigenvalue weighted by atomic mass is 79.9. The lowest BCUT2D eigenvalue weighted by atomic mass is 10.2. The maximum absolute atomic E-state index is 13.4. The molecule has 1 amide bonds.